The van der Waals surface area contributed by atoms with Crippen LogP contribution in [-0.4, -0.2) is 24.3 Å². The molecular weight excluding hydrogens is 856 g/mol. The molecule has 0 saturated carbocycles. The van der Waals surface area contributed by atoms with Gasteiger partial charge in [0.25, 0.3) is 0 Å². The first kappa shape index (κ1) is 40.4. The molecular formula is C52H47Cl2N2PRu. The van der Waals surface area contributed by atoms with E-state index in [1.54, 1.807) is 0 Å². The Balaban J connectivity index is 0.00000469. The van der Waals surface area contributed by atoms with Crippen molar-refractivity contribution in [1.29, 1.82) is 0 Å². The molecule has 2 nitrogen and oxygen atoms in total. The van der Waals surface area contributed by atoms with E-state index in [0.717, 1.165) is 23.9 Å². The van der Waals surface area contributed by atoms with Gasteiger partial charge >= 0.3 is 0 Å². The second-order valence-corrected chi connectivity index (χ2v) is 20.1. The first-order valence-electron chi connectivity index (χ1n) is 19.9. The molecule has 0 aromatic heterocycles. The predicted octanol–water partition coefficient (Wildman–Crippen LogP) is 10.9. The van der Waals surface area contributed by atoms with Crippen molar-refractivity contribution in [1.82, 2.24) is 0 Å². The molecule has 1 heterocycles. The van der Waals surface area contributed by atoms with E-state index in [-0.39, 0.29) is 25.1 Å². The molecule has 292 valence electrons. The molecule has 6 heteroatoms. The Morgan fingerprint density at radius 3 is 1.59 bits per heavy atom. The standard InChI is InChI=1S/C52H47Cl2N2P.Ru/c1-33-28-35(3)50(36(4)29-33)55-26-27-56(51-37(5)30-34(2)31-38(51)6)52(55)57(40-17-9-7-10-18-40,41-19-11-8-12-20-41)47-25-24-46(53)49(54)48(47)44-23-15-22-43-42-21-14-13-16-39(42)32-45(43)44;/h7-25,28-32,47H,26-27H2,1-6H3;. The smallest absolute Gasteiger partial charge is 0.117 e. The summed E-state index contributed by atoms with van der Waals surface area (Å²) in [4.78, 5) is 5.38. The number of nitrogens with zero attached hydrogens (tertiary/aromatic N) is 2. The Hall–Kier alpha value is -4.36. The van der Waals surface area contributed by atoms with Crippen LogP contribution < -0.4 is 30.8 Å². The van der Waals surface area contributed by atoms with E-state index in [1.807, 2.05) is 0 Å². The minimum absolute atomic E-state index is 0. The number of aryl methyl sites for hydroxylation is 6. The van der Waals surface area contributed by atoms with Crippen molar-refractivity contribution in [2.24, 2.45) is 0 Å². The van der Waals surface area contributed by atoms with E-state index < -0.39 is 6.89 Å². The van der Waals surface area contributed by atoms with Crippen LogP contribution in [0.2, 0.25) is 0 Å². The molecule has 0 spiro atoms. The van der Waals surface area contributed by atoms with Crippen molar-refractivity contribution >= 4 is 69.3 Å². The summed E-state index contributed by atoms with van der Waals surface area (Å²) in [5.41, 5.74) is 16.1. The zero-order valence-corrected chi connectivity index (χ0v) is 37.9. The Labute approximate surface area is 366 Å². The third-order valence-electron chi connectivity index (χ3n) is 12.0. The number of hydrogen-bond acceptors (Lipinski definition) is 0. The monoisotopic (exact) mass is 902 g/mol. The zero-order chi connectivity index (χ0) is 39.6. The van der Waals surface area contributed by atoms with Crippen LogP contribution in [0.3, 0.4) is 0 Å². The average Bonchev–Trinajstić information content (AvgIpc) is 3.79. The summed E-state index contributed by atoms with van der Waals surface area (Å²) in [6, 6.07) is 47.3. The van der Waals surface area contributed by atoms with E-state index in [9.17, 15) is 0 Å². The van der Waals surface area contributed by atoms with Gasteiger partial charge in [-0.1, -0.05) is 168 Å². The molecule has 6 aromatic rings. The fraction of sp³-hybridized carbons (Fsp3) is 0.173. The molecule has 1 atom stereocenters. The van der Waals surface area contributed by atoms with Crippen LogP contribution in [-0.2, 0) is 19.5 Å². The van der Waals surface area contributed by atoms with Crippen LogP contribution >= 0.6 is 30.1 Å². The van der Waals surface area contributed by atoms with Gasteiger partial charge in [-0.15, -0.1) is 0 Å². The first-order valence-corrected chi connectivity index (χ1v) is 22.5. The molecule has 0 bridgehead atoms. The maximum atomic E-state index is 7.73. The van der Waals surface area contributed by atoms with Crippen molar-refractivity contribution in [3.8, 4) is 11.1 Å². The fourth-order valence-corrected chi connectivity index (χ4v) is 15.7. The molecule has 1 aliphatic heterocycles. The maximum Gasteiger partial charge on any atom is 0.117 e. The Bertz CT molecular complexity index is 2700. The Morgan fingerprint density at radius 2 is 1.05 bits per heavy atom. The number of hydrogen-bond donors (Lipinski definition) is 0. The van der Waals surface area contributed by atoms with Gasteiger partial charge in [0, 0.05) is 56.5 Å². The van der Waals surface area contributed by atoms with Crippen molar-refractivity contribution in [3.05, 3.63) is 199 Å². The largest absolute Gasteiger partial charge is 0.325 e. The SMILES string of the molecule is Cc1cc(C)c(N2CCN(c3c(C)cc(C)cc3C)C2=P(c2ccccc2)(c2ccccc2)C2C=CC(Cl)=C(Cl)C2=c2cccc3c2=Cc2ccccc2-3)c(C)c1.[Ru]. The van der Waals surface area contributed by atoms with Crippen LogP contribution in [0.4, 0.5) is 11.4 Å². The normalized spacial score (nSPS) is 17.0. The molecule has 0 amide bonds. The molecule has 6 aromatic carbocycles. The topological polar surface area (TPSA) is 6.48 Å². The number of allylic oxidation sites excluding steroid dienone is 4. The number of anilines is 2. The van der Waals surface area contributed by atoms with Crippen molar-refractivity contribution in [3.63, 3.8) is 0 Å². The van der Waals surface area contributed by atoms with Gasteiger partial charge in [0.05, 0.1) is 10.1 Å². The van der Waals surface area contributed by atoms with Gasteiger partial charge in [0.1, 0.15) is 5.54 Å². The van der Waals surface area contributed by atoms with Gasteiger partial charge in [-0.2, -0.15) is 0 Å². The molecule has 0 N–H and O–H groups in total. The van der Waals surface area contributed by atoms with Crippen LogP contribution in [0.15, 0.2) is 150 Å². The Morgan fingerprint density at radius 1 is 0.569 bits per heavy atom. The second-order valence-electron chi connectivity index (χ2n) is 15.9. The number of halogens is 2. The summed E-state index contributed by atoms with van der Waals surface area (Å²) in [6.45, 7) is 12.4. The fourth-order valence-electron chi connectivity index (χ4n) is 10.1. The molecule has 0 radical (unpaired) electrons. The van der Waals surface area contributed by atoms with Crippen LogP contribution in [0.5, 0.6) is 0 Å². The first-order chi connectivity index (χ1) is 27.6. The van der Waals surface area contributed by atoms with Gasteiger partial charge in [-0.3, -0.25) is 0 Å². The van der Waals surface area contributed by atoms with E-state index in [1.165, 1.54) is 82.8 Å². The van der Waals surface area contributed by atoms with E-state index in [4.69, 9.17) is 23.2 Å². The van der Waals surface area contributed by atoms with Gasteiger partial charge in [-0.25, -0.2) is 0 Å². The minimum atomic E-state index is -2.80. The van der Waals surface area contributed by atoms with Gasteiger partial charge in [0.2, 0.25) is 0 Å². The summed E-state index contributed by atoms with van der Waals surface area (Å²) in [7, 11) is 0. The quantitative estimate of drug-likeness (QED) is 0.125. The van der Waals surface area contributed by atoms with Crippen molar-refractivity contribution in [2.75, 3.05) is 22.9 Å². The molecule has 1 saturated heterocycles. The predicted molar refractivity (Wildman–Crippen MR) is 250 cm³/mol. The van der Waals surface area contributed by atoms with E-state index in [2.05, 4.69) is 197 Å². The van der Waals surface area contributed by atoms with Crippen LogP contribution in [0.25, 0.3) is 22.8 Å². The van der Waals surface area contributed by atoms with Gasteiger partial charge in [0.15, 0.2) is 0 Å². The van der Waals surface area contributed by atoms with Crippen LogP contribution in [0.1, 0.15) is 38.9 Å². The number of benzene rings is 6. The molecule has 1 fully saturated rings. The van der Waals surface area contributed by atoms with Crippen molar-refractivity contribution in [2.45, 2.75) is 47.2 Å². The molecule has 58 heavy (non-hydrogen) atoms. The maximum absolute atomic E-state index is 7.73. The Kier molecular flexibility index (Phi) is 11.2. The summed E-state index contributed by atoms with van der Waals surface area (Å²) < 4.78 is 0. The van der Waals surface area contributed by atoms with Gasteiger partial charge in [-0.05, 0) is 119 Å². The van der Waals surface area contributed by atoms with Crippen molar-refractivity contribution < 1.29 is 19.5 Å². The average molecular weight is 903 g/mol. The van der Waals surface area contributed by atoms with E-state index in [0.29, 0.717) is 10.1 Å². The third kappa shape index (κ3) is 6.51. The molecule has 9 rings (SSSR count). The van der Waals surface area contributed by atoms with E-state index >= 15 is 0 Å². The van der Waals surface area contributed by atoms with Gasteiger partial charge < -0.3 is 9.80 Å². The summed E-state index contributed by atoms with van der Waals surface area (Å²) in [5, 5.41) is 6.08. The second kappa shape index (κ2) is 16.0. The summed E-state index contributed by atoms with van der Waals surface area (Å²) in [5.74, 6) is 0. The number of fused-ring (bicyclic) bond motifs is 3. The number of rotatable bonds is 5. The zero-order valence-electron chi connectivity index (χ0n) is 33.8. The summed E-state index contributed by atoms with van der Waals surface area (Å²) >= 11 is 14.9. The van der Waals surface area contributed by atoms with Crippen LogP contribution in [0, 0.1) is 41.5 Å². The molecule has 3 aliphatic rings. The molecule has 2 aliphatic carbocycles. The minimum Gasteiger partial charge on any atom is -0.325 e. The third-order valence-corrected chi connectivity index (χ3v) is 17.4. The molecule has 1 unspecified atom stereocenters. The summed E-state index contributed by atoms with van der Waals surface area (Å²) in [6.07, 6.45) is 6.78.